The molecular formula is C21H16FN5O5. The second kappa shape index (κ2) is 8.68. The second-order valence-electron chi connectivity index (χ2n) is 6.51. The molecule has 10 nitrogen and oxygen atoms in total. The summed E-state index contributed by atoms with van der Waals surface area (Å²) >= 11 is 0. The first-order chi connectivity index (χ1) is 15.5. The minimum Gasteiger partial charge on any atom is -0.465 e. The summed E-state index contributed by atoms with van der Waals surface area (Å²) in [6.45, 7) is -0.435. The molecule has 0 fully saturated rings. The van der Waals surface area contributed by atoms with E-state index in [1.54, 1.807) is 12.1 Å². The van der Waals surface area contributed by atoms with E-state index in [2.05, 4.69) is 15.4 Å². The number of hydrogen-bond donors (Lipinski definition) is 1. The number of anilines is 1. The number of methoxy groups -OCH3 is 1. The molecule has 0 saturated heterocycles. The zero-order valence-electron chi connectivity index (χ0n) is 16.7. The molecule has 1 amide bonds. The molecular weight excluding hydrogens is 421 g/mol. The van der Waals surface area contributed by atoms with Crippen LogP contribution >= 0.6 is 0 Å². The lowest BCUT2D eigenvalue weighted by Crippen LogP contribution is -2.28. The van der Waals surface area contributed by atoms with Gasteiger partial charge in [-0.25, -0.2) is 28.0 Å². The molecule has 0 bridgehead atoms. The summed E-state index contributed by atoms with van der Waals surface area (Å²) in [5, 5.41) is 6.69. The fraction of sp³-hybridized carbons (Fsp3) is 0.0952. The lowest BCUT2D eigenvalue weighted by atomic mass is 10.2. The third-order valence-electron chi connectivity index (χ3n) is 4.38. The number of esters is 1. The molecule has 1 N–H and O–H groups in total. The summed E-state index contributed by atoms with van der Waals surface area (Å²) in [5.41, 5.74) is -0.161. The first-order valence-electron chi connectivity index (χ1n) is 9.31. The molecule has 4 aromatic rings. The molecule has 0 saturated carbocycles. The first kappa shape index (κ1) is 20.7. The highest BCUT2D eigenvalue weighted by atomic mass is 19.1. The van der Waals surface area contributed by atoms with Crippen molar-refractivity contribution in [2.75, 3.05) is 12.4 Å². The second-order valence-corrected chi connectivity index (χ2v) is 6.51. The van der Waals surface area contributed by atoms with Gasteiger partial charge in [-0.3, -0.25) is 4.79 Å². The highest BCUT2D eigenvalue weighted by molar-refractivity contribution is 6.01. The summed E-state index contributed by atoms with van der Waals surface area (Å²) in [4.78, 5) is 41.1. The summed E-state index contributed by atoms with van der Waals surface area (Å²) in [6, 6.07) is 11.7. The van der Waals surface area contributed by atoms with Gasteiger partial charge in [0.2, 0.25) is 11.6 Å². The number of halogens is 1. The molecule has 0 atom stereocenters. The Morgan fingerprint density at radius 2 is 1.97 bits per heavy atom. The van der Waals surface area contributed by atoms with E-state index >= 15 is 0 Å². The monoisotopic (exact) mass is 437 g/mol. The molecule has 0 aliphatic carbocycles. The van der Waals surface area contributed by atoms with Crippen molar-refractivity contribution >= 4 is 23.2 Å². The first-order valence-corrected chi connectivity index (χ1v) is 9.31. The van der Waals surface area contributed by atoms with Gasteiger partial charge in [0, 0.05) is 18.5 Å². The minimum atomic E-state index is -0.615. The van der Waals surface area contributed by atoms with E-state index in [0.29, 0.717) is 0 Å². The van der Waals surface area contributed by atoms with Gasteiger partial charge in [-0.1, -0.05) is 18.2 Å². The Bertz CT molecular complexity index is 1380. The maximum atomic E-state index is 13.4. The normalized spacial score (nSPS) is 10.7. The standard InChI is InChI=1S/C21H16FN5O5/c1-31-20(29)15-7-2-3-8-16(15)24-17(28)12-27-21(30)26-10-9-23-19(18(26)25-27)32-14-6-4-5-13(22)11-14/h2-11H,12H2,1H3,(H,24,28). The number of benzene rings is 2. The molecule has 4 rings (SSSR count). The van der Waals surface area contributed by atoms with Gasteiger partial charge in [0.15, 0.2) is 0 Å². The van der Waals surface area contributed by atoms with Crippen molar-refractivity contribution in [3.8, 4) is 11.6 Å². The highest BCUT2D eigenvalue weighted by Crippen LogP contribution is 2.22. The third-order valence-corrected chi connectivity index (χ3v) is 4.38. The van der Waals surface area contributed by atoms with Crippen molar-refractivity contribution in [3.05, 3.63) is 82.8 Å². The number of fused-ring (bicyclic) bond motifs is 1. The number of nitrogens with one attached hydrogen (secondary N) is 1. The van der Waals surface area contributed by atoms with Crippen molar-refractivity contribution in [1.82, 2.24) is 19.2 Å². The van der Waals surface area contributed by atoms with Gasteiger partial charge in [0.05, 0.1) is 18.4 Å². The quantitative estimate of drug-likeness (QED) is 0.460. The number of carbonyl (C=O) groups is 2. The van der Waals surface area contributed by atoms with E-state index in [-0.39, 0.29) is 28.5 Å². The fourth-order valence-corrected chi connectivity index (χ4v) is 2.95. The number of rotatable bonds is 6. The van der Waals surface area contributed by atoms with E-state index in [9.17, 15) is 18.8 Å². The van der Waals surface area contributed by atoms with E-state index < -0.39 is 29.9 Å². The van der Waals surface area contributed by atoms with E-state index in [1.165, 1.54) is 49.8 Å². The van der Waals surface area contributed by atoms with Crippen molar-refractivity contribution in [2.45, 2.75) is 6.54 Å². The van der Waals surface area contributed by atoms with Crippen LogP contribution in [-0.4, -0.2) is 38.2 Å². The number of carbonyl (C=O) groups excluding carboxylic acids is 2. The predicted octanol–water partition coefficient (Wildman–Crippen LogP) is 2.25. The minimum absolute atomic E-state index is 0.0367. The van der Waals surface area contributed by atoms with Crippen LogP contribution in [0.5, 0.6) is 11.6 Å². The topological polar surface area (TPSA) is 117 Å². The Labute approximate surface area is 179 Å². The van der Waals surface area contributed by atoms with E-state index in [0.717, 1.165) is 15.1 Å². The van der Waals surface area contributed by atoms with Gasteiger partial charge in [0.25, 0.3) is 5.88 Å². The van der Waals surface area contributed by atoms with Crippen LogP contribution < -0.4 is 15.7 Å². The van der Waals surface area contributed by atoms with Gasteiger partial charge in [-0.15, -0.1) is 5.10 Å². The van der Waals surface area contributed by atoms with Gasteiger partial charge in [-0.2, -0.15) is 0 Å². The Balaban J connectivity index is 1.59. The van der Waals surface area contributed by atoms with E-state index in [1.807, 2.05) is 0 Å². The Morgan fingerprint density at radius 3 is 2.75 bits per heavy atom. The molecule has 0 aliphatic rings. The van der Waals surface area contributed by atoms with Crippen LogP contribution in [0.25, 0.3) is 5.65 Å². The van der Waals surface area contributed by atoms with Crippen LogP contribution in [0.1, 0.15) is 10.4 Å². The van der Waals surface area contributed by atoms with Crippen LogP contribution in [0.4, 0.5) is 10.1 Å². The molecule has 2 heterocycles. The van der Waals surface area contributed by atoms with Crippen LogP contribution in [0.2, 0.25) is 0 Å². The van der Waals surface area contributed by atoms with Gasteiger partial charge in [-0.05, 0) is 24.3 Å². The summed E-state index contributed by atoms with van der Waals surface area (Å²) in [5.74, 6) is -1.57. The molecule has 0 spiro atoms. The van der Waals surface area contributed by atoms with Crippen molar-refractivity contribution < 1.29 is 23.5 Å². The van der Waals surface area contributed by atoms with Crippen LogP contribution in [-0.2, 0) is 16.1 Å². The molecule has 11 heteroatoms. The lowest BCUT2D eigenvalue weighted by molar-refractivity contribution is -0.117. The average Bonchev–Trinajstić information content (AvgIpc) is 3.10. The van der Waals surface area contributed by atoms with Crippen molar-refractivity contribution in [1.29, 1.82) is 0 Å². The number of amides is 1. The average molecular weight is 437 g/mol. The molecule has 0 unspecified atom stereocenters. The summed E-state index contributed by atoms with van der Waals surface area (Å²) < 4.78 is 25.8. The number of ether oxygens (including phenoxy) is 2. The van der Waals surface area contributed by atoms with Gasteiger partial charge < -0.3 is 14.8 Å². The van der Waals surface area contributed by atoms with Crippen LogP contribution in [0.15, 0.2) is 65.7 Å². The molecule has 32 heavy (non-hydrogen) atoms. The SMILES string of the molecule is COC(=O)c1ccccc1NC(=O)Cn1nc2c(Oc3cccc(F)c3)nccn2c1=O. The Morgan fingerprint density at radius 1 is 1.16 bits per heavy atom. The lowest BCUT2D eigenvalue weighted by Gasteiger charge is -2.09. The fourth-order valence-electron chi connectivity index (χ4n) is 2.95. The zero-order valence-corrected chi connectivity index (χ0v) is 16.7. The molecule has 0 radical (unpaired) electrons. The van der Waals surface area contributed by atoms with Crippen LogP contribution in [0.3, 0.4) is 0 Å². The number of hydrogen-bond acceptors (Lipinski definition) is 7. The van der Waals surface area contributed by atoms with E-state index in [4.69, 9.17) is 9.47 Å². The van der Waals surface area contributed by atoms with Gasteiger partial charge >= 0.3 is 11.7 Å². The molecule has 2 aromatic carbocycles. The zero-order chi connectivity index (χ0) is 22.7. The van der Waals surface area contributed by atoms with Gasteiger partial charge in [0.1, 0.15) is 18.1 Å². The summed E-state index contributed by atoms with van der Waals surface area (Å²) in [6.07, 6.45) is 2.69. The summed E-state index contributed by atoms with van der Waals surface area (Å²) in [7, 11) is 1.23. The number of para-hydroxylation sites is 1. The predicted molar refractivity (Wildman–Crippen MR) is 110 cm³/mol. The Hall–Kier alpha value is -4.54. The maximum Gasteiger partial charge on any atom is 0.351 e. The number of nitrogens with zero attached hydrogens (tertiary/aromatic N) is 4. The molecule has 2 aromatic heterocycles. The molecule has 0 aliphatic heterocycles. The van der Waals surface area contributed by atoms with Crippen molar-refractivity contribution in [2.24, 2.45) is 0 Å². The highest BCUT2D eigenvalue weighted by Gasteiger charge is 2.18. The maximum absolute atomic E-state index is 13.4. The largest absolute Gasteiger partial charge is 0.465 e. The Kier molecular flexibility index (Phi) is 5.62. The van der Waals surface area contributed by atoms with Crippen LogP contribution in [0, 0.1) is 5.82 Å². The van der Waals surface area contributed by atoms with Crippen molar-refractivity contribution in [3.63, 3.8) is 0 Å². The number of aromatic nitrogens is 4. The smallest absolute Gasteiger partial charge is 0.351 e. The molecule has 162 valence electrons. The third kappa shape index (κ3) is 4.17.